The van der Waals surface area contributed by atoms with Gasteiger partial charge in [0.1, 0.15) is 5.82 Å². The summed E-state index contributed by atoms with van der Waals surface area (Å²) < 4.78 is 56.2. The molecule has 0 bridgehead atoms. The molecule has 0 aliphatic heterocycles. The lowest BCUT2D eigenvalue weighted by atomic mass is 10.1. The van der Waals surface area contributed by atoms with Crippen LogP contribution >= 0.6 is 0 Å². The van der Waals surface area contributed by atoms with Crippen molar-refractivity contribution in [3.8, 4) is 0 Å². The molecule has 0 aromatic heterocycles. The van der Waals surface area contributed by atoms with Gasteiger partial charge in [-0.15, -0.1) is 0 Å². The fourth-order valence-corrected chi connectivity index (χ4v) is 2.03. The Morgan fingerprint density at radius 1 is 1.09 bits per heavy atom. The fourth-order valence-electron chi connectivity index (χ4n) is 2.03. The van der Waals surface area contributed by atoms with E-state index in [2.05, 4.69) is 6.92 Å². The Kier molecular flexibility index (Phi) is 7.35. The Balaban J connectivity index is 2.50. The fraction of sp³-hybridized carbons (Fsp3) is 0.562. The Bertz CT molecular complexity index is 484. The smallest absolute Gasteiger partial charge is 0.419 e. The zero-order valence-corrected chi connectivity index (χ0v) is 12.5. The van der Waals surface area contributed by atoms with Crippen LogP contribution in [0.2, 0.25) is 0 Å². The maximum absolute atomic E-state index is 13.7. The molecule has 0 fully saturated rings. The Morgan fingerprint density at radius 3 is 2.36 bits per heavy atom. The number of carbonyl (C=O) groups is 1. The van der Waals surface area contributed by atoms with E-state index < -0.39 is 29.1 Å². The van der Waals surface area contributed by atoms with Gasteiger partial charge in [0.15, 0.2) is 0 Å². The lowest BCUT2D eigenvalue weighted by Crippen LogP contribution is -2.14. The van der Waals surface area contributed by atoms with Crippen molar-refractivity contribution >= 4 is 5.97 Å². The number of benzene rings is 1. The molecule has 0 radical (unpaired) electrons. The van der Waals surface area contributed by atoms with E-state index in [1.807, 2.05) is 0 Å². The van der Waals surface area contributed by atoms with Crippen LogP contribution in [0.5, 0.6) is 0 Å². The molecular weight excluding hydrogens is 300 g/mol. The number of rotatable bonds is 8. The van der Waals surface area contributed by atoms with Gasteiger partial charge >= 0.3 is 12.1 Å². The second-order valence-electron chi connectivity index (χ2n) is 5.07. The minimum absolute atomic E-state index is 0.0840. The third kappa shape index (κ3) is 5.66. The zero-order chi connectivity index (χ0) is 16.6. The van der Waals surface area contributed by atoms with E-state index in [1.54, 1.807) is 0 Å². The first kappa shape index (κ1) is 18.5. The van der Waals surface area contributed by atoms with Gasteiger partial charge in [-0.3, -0.25) is 0 Å². The van der Waals surface area contributed by atoms with Crippen LogP contribution in [0.1, 0.15) is 61.4 Å². The van der Waals surface area contributed by atoms with E-state index in [1.165, 1.54) is 0 Å². The maximum Gasteiger partial charge on any atom is 0.419 e. The molecule has 2 nitrogen and oxygen atoms in total. The first-order valence-electron chi connectivity index (χ1n) is 7.40. The topological polar surface area (TPSA) is 26.3 Å². The quantitative estimate of drug-likeness (QED) is 0.366. The monoisotopic (exact) mass is 320 g/mol. The lowest BCUT2D eigenvalue weighted by molar-refractivity contribution is -0.140. The number of hydrogen-bond acceptors (Lipinski definition) is 2. The second kappa shape index (κ2) is 8.76. The van der Waals surface area contributed by atoms with Crippen molar-refractivity contribution in [1.29, 1.82) is 0 Å². The molecule has 0 unspecified atom stereocenters. The van der Waals surface area contributed by atoms with Crippen LogP contribution in [0.4, 0.5) is 17.6 Å². The van der Waals surface area contributed by atoms with E-state index in [4.69, 9.17) is 4.74 Å². The van der Waals surface area contributed by atoms with Gasteiger partial charge in [-0.25, -0.2) is 9.18 Å². The Labute approximate surface area is 127 Å². The largest absolute Gasteiger partial charge is 0.462 e. The molecule has 124 valence electrons. The summed E-state index contributed by atoms with van der Waals surface area (Å²) in [4.78, 5) is 11.7. The molecule has 0 aliphatic carbocycles. The molecule has 1 aromatic carbocycles. The van der Waals surface area contributed by atoms with Crippen LogP contribution in [0.25, 0.3) is 0 Å². The maximum atomic E-state index is 13.7. The van der Waals surface area contributed by atoms with Gasteiger partial charge in [0.25, 0.3) is 0 Å². The Hall–Kier alpha value is -1.59. The molecule has 0 saturated carbocycles. The number of hydrogen-bond donors (Lipinski definition) is 0. The molecule has 0 N–H and O–H groups in total. The summed E-state index contributed by atoms with van der Waals surface area (Å²) in [5, 5.41) is 0. The molecule has 0 saturated heterocycles. The molecule has 0 atom stereocenters. The minimum Gasteiger partial charge on any atom is -0.462 e. The number of alkyl halides is 3. The molecule has 6 heteroatoms. The SMILES string of the molecule is CCCCCCCCOC(=O)c1cccc(C(F)(F)F)c1F. The van der Waals surface area contributed by atoms with Crippen LogP contribution in [-0.4, -0.2) is 12.6 Å². The minimum atomic E-state index is -4.83. The molecule has 0 spiro atoms. The molecule has 0 heterocycles. The standard InChI is InChI=1S/C16H20F4O2/c1-2-3-4-5-6-7-11-22-15(21)12-9-8-10-13(14(12)17)16(18,19)20/h8-10H,2-7,11H2,1H3. The van der Waals surface area contributed by atoms with Crippen LogP contribution in [0, 0.1) is 5.82 Å². The predicted molar refractivity (Wildman–Crippen MR) is 75.1 cm³/mol. The molecule has 0 amide bonds. The average Bonchev–Trinajstić information content (AvgIpc) is 2.45. The van der Waals surface area contributed by atoms with Crippen molar-refractivity contribution in [3.63, 3.8) is 0 Å². The van der Waals surface area contributed by atoms with E-state index >= 15 is 0 Å². The van der Waals surface area contributed by atoms with E-state index in [0.29, 0.717) is 12.5 Å². The highest BCUT2D eigenvalue weighted by molar-refractivity contribution is 5.90. The van der Waals surface area contributed by atoms with Gasteiger partial charge in [-0.05, 0) is 18.6 Å². The molecular formula is C16H20F4O2. The van der Waals surface area contributed by atoms with Gasteiger partial charge in [-0.1, -0.05) is 45.1 Å². The number of unbranched alkanes of at least 4 members (excludes halogenated alkanes) is 5. The summed E-state index contributed by atoms with van der Waals surface area (Å²) in [5.74, 6) is -2.64. The number of ether oxygens (including phenoxy) is 1. The second-order valence-corrected chi connectivity index (χ2v) is 5.07. The summed E-state index contributed by atoms with van der Waals surface area (Å²) in [6.45, 7) is 2.19. The highest BCUT2D eigenvalue weighted by Crippen LogP contribution is 2.32. The van der Waals surface area contributed by atoms with Crippen molar-refractivity contribution in [2.45, 2.75) is 51.6 Å². The van der Waals surface area contributed by atoms with Crippen LogP contribution < -0.4 is 0 Å². The average molecular weight is 320 g/mol. The number of halogens is 4. The summed E-state index contributed by atoms with van der Waals surface area (Å²) in [6.07, 6.45) is 1.06. The first-order chi connectivity index (χ1) is 10.4. The summed E-state index contributed by atoms with van der Waals surface area (Å²) in [6, 6.07) is 2.58. The molecule has 1 rings (SSSR count). The van der Waals surface area contributed by atoms with E-state index in [0.717, 1.165) is 44.2 Å². The lowest BCUT2D eigenvalue weighted by Gasteiger charge is -2.11. The van der Waals surface area contributed by atoms with Crippen molar-refractivity contribution in [3.05, 3.63) is 35.1 Å². The normalized spacial score (nSPS) is 11.5. The highest BCUT2D eigenvalue weighted by Gasteiger charge is 2.35. The van der Waals surface area contributed by atoms with E-state index in [9.17, 15) is 22.4 Å². The first-order valence-corrected chi connectivity index (χ1v) is 7.40. The summed E-state index contributed by atoms with van der Waals surface area (Å²) in [7, 11) is 0. The van der Waals surface area contributed by atoms with Gasteiger partial charge in [0, 0.05) is 0 Å². The molecule has 22 heavy (non-hydrogen) atoms. The van der Waals surface area contributed by atoms with Gasteiger partial charge < -0.3 is 4.74 Å². The molecule has 1 aromatic rings. The van der Waals surface area contributed by atoms with Crippen LogP contribution in [0.15, 0.2) is 18.2 Å². The number of esters is 1. The highest BCUT2D eigenvalue weighted by atomic mass is 19.4. The third-order valence-corrected chi connectivity index (χ3v) is 3.26. The number of carbonyl (C=O) groups excluding carboxylic acids is 1. The van der Waals surface area contributed by atoms with Crippen molar-refractivity contribution in [2.24, 2.45) is 0 Å². The van der Waals surface area contributed by atoms with Crippen LogP contribution in [-0.2, 0) is 10.9 Å². The van der Waals surface area contributed by atoms with Gasteiger partial charge in [-0.2, -0.15) is 13.2 Å². The van der Waals surface area contributed by atoms with Gasteiger partial charge in [0.05, 0.1) is 17.7 Å². The van der Waals surface area contributed by atoms with Crippen molar-refractivity contribution in [1.82, 2.24) is 0 Å². The molecule has 0 aliphatic rings. The Morgan fingerprint density at radius 2 is 1.73 bits per heavy atom. The predicted octanol–water partition coefficient (Wildman–Crippen LogP) is 5.36. The summed E-state index contributed by atoms with van der Waals surface area (Å²) in [5.41, 5.74) is -2.14. The van der Waals surface area contributed by atoms with Crippen LogP contribution in [0.3, 0.4) is 0 Å². The van der Waals surface area contributed by atoms with Crippen molar-refractivity contribution in [2.75, 3.05) is 6.61 Å². The summed E-state index contributed by atoms with van der Waals surface area (Å²) >= 11 is 0. The van der Waals surface area contributed by atoms with E-state index in [-0.39, 0.29) is 6.61 Å². The van der Waals surface area contributed by atoms with Crippen molar-refractivity contribution < 1.29 is 27.1 Å². The third-order valence-electron chi connectivity index (χ3n) is 3.26. The van der Waals surface area contributed by atoms with Gasteiger partial charge in [0.2, 0.25) is 0 Å². The zero-order valence-electron chi connectivity index (χ0n) is 12.5.